The van der Waals surface area contributed by atoms with Gasteiger partial charge in [0.1, 0.15) is 16.2 Å². The summed E-state index contributed by atoms with van der Waals surface area (Å²) in [6.45, 7) is 2.28. The standard InChI is InChI=1S/C20H17NO4S2/c1-12-14(9-13-5-3-7-16(23-2)18(13)25-12)10-17-19(22)21(20(26)27-17)11-15-6-4-8-24-15/h3-10,12H,11H2,1-2H3. The van der Waals surface area contributed by atoms with Gasteiger partial charge in [-0.1, -0.05) is 36.1 Å². The first-order valence-corrected chi connectivity index (χ1v) is 9.62. The largest absolute Gasteiger partial charge is 0.493 e. The van der Waals surface area contributed by atoms with Crippen LogP contribution in [0.2, 0.25) is 0 Å². The molecule has 4 rings (SSSR count). The van der Waals surface area contributed by atoms with Gasteiger partial charge in [-0.3, -0.25) is 9.69 Å². The molecule has 1 aromatic heterocycles. The van der Waals surface area contributed by atoms with Crippen LogP contribution in [-0.4, -0.2) is 28.3 Å². The average Bonchev–Trinajstić information content (AvgIpc) is 3.26. The van der Waals surface area contributed by atoms with Gasteiger partial charge in [0, 0.05) is 5.56 Å². The number of thioether (sulfide) groups is 1. The van der Waals surface area contributed by atoms with E-state index in [-0.39, 0.29) is 12.0 Å². The van der Waals surface area contributed by atoms with E-state index in [0.717, 1.165) is 16.9 Å². The van der Waals surface area contributed by atoms with E-state index in [2.05, 4.69) is 0 Å². The van der Waals surface area contributed by atoms with Gasteiger partial charge in [-0.2, -0.15) is 0 Å². The van der Waals surface area contributed by atoms with Crippen LogP contribution in [0, 0.1) is 0 Å². The number of methoxy groups -OCH3 is 1. The van der Waals surface area contributed by atoms with Gasteiger partial charge in [0.2, 0.25) is 0 Å². The topological polar surface area (TPSA) is 51.9 Å². The molecule has 1 fully saturated rings. The first kappa shape index (κ1) is 17.9. The van der Waals surface area contributed by atoms with Gasteiger partial charge in [-0.05, 0) is 42.8 Å². The number of nitrogens with zero attached hydrogens (tertiary/aromatic N) is 1. The zero-order chi connectivity index (χ0) is 19.0. The summed E-state index contributed by atoms with van der Waals surface area (Å²) in [7, 11) is 1.62. The number of fused-ring (bicyclic) bond motifs is 1. The number of hydrogen-bond acceptors (Lipinski definition) is 6. The highest BCUT2D eigenvalue weighted by Crippen LogP contribution is 2.40. The van der Waals surface area contributed by atoms with E-state index in [1.807, 2.05) is 43.3 Å². The number of benzene rings is 1. The summed E-state index contributed by atoms with van der Waals surface area (Å²) in [6, 6.07) is 9.35. The van der Waals surface area contributed by atoms with Crippen molar-refractivity contribution in [2.45, 2.75) is 19.6 Å². The van der Waals surface area contributed by atoms with Crippen LogP contribution in [0.15, 0.2) is 57.6 Å². The number of hydrogen-bond donors (Lipinski definition) is 0. The van der Waals surface area contributed by atoms with Crippen molar-refractivity contribution < 1.29 is 18.7 Å². The van der Waals surface area contributed by atoms with E-state index >= 15 is 0 Å². The number of para-hydroxylation sites is 1. The van der Waals surface area contributed by atoms with Crippen LogP contribution >= 0.6 is 24.0 Å². The van der Waals surface area contributed by atoms with Crippen LogP contribution < -0.4 is 9.47 Å². The Bertz CT molecular complexity index is 962. The molecule has 0 radical (unpaired) electrons. The van der Waals surface area contributed by atoms with Gasteiger partial charge >= 0.3 is 0 Å². The zero-order valence-electron chi connectivity index (χ0n) is 14.8. The highest BCUT2D eigenvalue weighted by molar-refractivity contribution is 8.26. The predicted octanol–water partition coefficient (Wildman–Crippen LogP) is 4.40. The zero-order valence-corrected chi connectivity index (χ0v) is 16.4. The van der Waals surface area contributed by atoms with Crippen molar-refractivity contribution in [3.8, 4) is 11.5 Å². The molecule has 2 aliphatic rings. The van der Waals surface area contributed by atoms with Gasteiger partial charge in [0.25, 0.3) is 5.91 Å². The molecule has 0 bridgehead atoms. The highest BCUT2D eigenvalue weighted by atomic mass is 32.2. The molecule has 3 heterocycles. The normalized spacial score (nSPS) is 20.5. The quantitative estimate of drug-likeness (QED) is 0.561. The van der Waals surface area contributed by atoms with E-state index in [1.165, 1.54) is 11.8 Å². The lowest BCUT2D eigenvalue weighted by atomic mass is 10.0. The first-order chi connectivity index (χ1) is 13.1. The van der Waals surface area contributed by atoms with E-state index in [1.54, 1.807) is 24.3 Å². The Hall–Kier alpha value is -2.51. The number of carbonyl (C=O) groups is 1. The molecule has 5 nitrogen and oxygen atoms in total. The SMILES string of the molecule is COc1cccc2c1OC(C)C(C=C1SC(=S)N(Cc3ccco3)C1=O)=C2. The third kappa shape index (κ3) is 3.40. The average molecular weight is 399 g/mol. The Labute approximate surface area is 166 Å². The lowest BCUT2D eigenvalue weighted by molar-refractivity contribution is -0.122. The molecule has 7 heteroatoms. The number of rotatable bonds is 4. The second-order valence-corrected chi connectivity index (χ2v) is 7.81. The molecule has 0 saturated carbocycles. The number of carbonyl (C=O) groups excluding carboxylic acids is 1. The maximum atomic E-state index is 12.8. The minimum Gasteiger partial charge on any atom is -0.493 e. The summed E-state index contributed by atoms with van der Waals surface area (Å²) in [5.41, 5.74) is 1.83. The summed E-state index contributed by atoms with van der Waals surface area (Å²) >= 11 is 6.67. The maximum Gasteiger partial charge on any atom is 0.266 e. The summed E-state index contributed by atoms with van der Waals surface area (Å²) in [5.74, 6) is 1.99. The van der Waals surface area contributed by atoms with Crippen LogP contribution in [0.5, 0.6) is 11.5 Å². The number of thiocarbonyl (C=S) groups is 1. The Balaban J connectivity index is 1.62. The number of furan rings is 1. The molecule has 1 aromatic carbocycles. The van der Waals surface area contributed by atoms with E-state index in [9.17, 15) is 4.79 Å². The monoisotopic (exact) mass is 399 g/mol. The van der Waals surface area contributed by atoms with Crippen LogP contribution in [0.4, 0.5) is 0 Å². The molecular weight excluding hydrogens is 382 g/mol. The molecule has 2 aliphatic heterocycles. The Morgan fingerprint density at radius 1 is 1.33 bits per heavy atom. The minimum absolute atomic E-state index is 0.120. The highest BCUT2D eigenvalue weighted by Gasteiger charge is 2.33. The molecule has 1 saturated heterocycles. The smallest absolute Gasteiger partial charge is 0.266 e. The van der Waals surface area contributed by atoms with Gasteiger partial charge in [-0.25, -0.2) is 0 Å². The van der Waals surface area contributed by atoms with Gasteiger partial charge in [0.15, 0.2) is 11.5 Å². The fourth-order valence-corrected chi connectivity index (χ4v) is 4.24. The van der Waals surface area contributed by atoms with Crippen LogP contribution in [-0.2, 0) is 11.3 Å². The molecule has 138 valence electrons. The summed E-state index contributed by atoms with van der Waals surface area (Å²) in [4.78, 5) is 14.9. The first-order valence-electron chi connectivity index (χ1n) is 8.40. The molecule has 0 spiro atoms. The van der Waals surface area contributed by atoms with Crippen molar-refractivity contribution in [1.82, 2.24) is 4.90 Å². The second-order valence-electron chi connectivity index (χ2n) is 6.13. The van der Waals surface area contributed by atoms with Crippen molar-refractivity contribution in [1.29, 1.82) is 0 Å². The molecule has 1 atom stereocenters. The van der Waals surface area contributed by atoms with Crippen molar-refractivity contribution >= 4 is 40.3 Å². The van der Waals surface area contributed by atoms with Crippen LogP contribution in [0.1, 0.15) is 18.2 Å². The molecule has 1 unspecified atom stereocenters. The fourth-order valence-electron chi connectivity index (χ4n) is 2.98. The number of ether oxygens (including phenoxy) is 2. The van der Waals surface area contributed by atoms with Crippen molar-refractivity contribution in [3.05, 3.63) is 64.5 Å². The van der Waals surface area contributed by atoms with Gasteiger partial charge in [-0.15, -0.1) is 0 Å². The molecule has 0 N–H and O–H groups in total. The molecular formula is C20H17NO4S2. The maximum absolute atomic E-state index is 12.8. The van der Waals surface area contributed by atoms with Gasteiger partial charge in [0.05, 0.1) is 24.8 Å². The summed E-state index contributed by atoms with van der Waals surface area (Å²) < 4.78 is 17.2. The van der Waals surface area contributed by atoms with Crippen LogP contribution in [0.3, 0.4) is 0 Å². The van der Waals surface area contributed by atoms with Crippen molar-refractivity contribution in [3.63, 3.8) is 0 Å². The van der Waals surface area contributed by atoms with Crippen molar-refractivity contribution in [2.24, 2.45) is 0 Å². The van der Waals surface area contributed by atoms with Gasteiger partial charge < -0.3 is 13.9 Å². The lowest BCUT2D eigenvalue weighted by Crippen LogP contribution is -2.27. The molecule has 27 heavy (non-hydrogen) atoms. The Morgan fingerprint density at radius 3 is 2.93 bits per heavy atom. The van der Waals surface area contributed by atoms with Crippen molar-refractivity contribution in [2.75, 3.05) is 7.11 Å². The summed E-state index contributed by atoms with van der Waals surface area (Å²) in [6.07, 6.45) is 5.25. The molecule has 1 amide bonds. The number of amides is 1. The Kier molecular flexibility index (Phi) is 4.80. The van der Waals surface area contributed by atoms with E-state index < -0.39 is 0 Å². The molecule has 0 aliphatic carbocycles. The van der Waals surface area contributed by atoms with Crippen LogP contribution in [0.25, 0.3) is 6.08 Å². The Morgan fingerprint density at radius 2 is 2.19 bits per heavy atom. The third-order valence-electron chi connectivity index (χ3n) is 4.38. The fraction of sp³-hybridized carbons (Fsp3) is 0.200. The lowest BCUT2D eigenvalue weighted by Gasteiger charge is -2.24. The van der Waals surface area contributed by atoms with E-state index in [0.29, 0.717) is 27.3 Å². The molecule has 2 aromatic rings. The predicted molar refractivity (Wildman–Crippen MR) is 109 cm³/mol. The minimum atomic E-state index is -0.206. The third-order valence-corrected chi connectivity index (χ3v) is 5.76. The van der Waals surface area contributed by atoms with E-state index in [4.69, 9.17) is 26.1 Å². The second kappa shape index (κ2) is 7.25. The summed E-state index contributed by atoms with van der Waals surface area (Å²) in [5, 5.41) is 0.